The standard InChI is InChI=1S/C11H11N3/c1-14-8-10(12)11(13-14)9-6-4-2-3-5-7-9/h2-4,6-8H,12H2,1H3. The summed E-state index contributed by atoms with van der Waals surface area (Å²) < 4.78 is 1.71. The van der Waals surface area contributed by atoms with Crippen LogP contribution in [0.3, 0.4) is 0 Å². The maximum absolute atomic E-state index is 5.82. The van der Waals surface area contributed by atoms with Crippen LogP contribution in [0.1, 0.15) is 5.69 Å². The van der Waals surface area contributed by atoms with Crippen molar-refractivity contribution < 1.29 is 0 Å². The van der Waals surface area contributed by atoms with E-state index in [1.54, 1.807) is 10.9 Å². The number of rotatable bonds is 1. The largest absolute Gasteiger partial charge is 0.396 e. The van der Waals surface area contributed by atoms with Crippen LogP contribution in [0.15, 0.2) is 42.3 Å². The monoisotopic (exact) mass is 185 g/mol. The predicted molar refractivity (Wildman–Crippen MR) is 57.4 cm³/mol. The van der Waals surface area contributed by atoms with E-state index in [4.69, 9.17) is 5.73 Å². The Kier molecular flexibility index (Phi) is 2.09. The third-order valence-corrected chi connectivity index (χ3v) is 1.95. The van der Waals surface area contributed by atoms with E-state index in [0.717, 1.165) is 11.3 Å². The van der Waals surface area contributed by atoms with Crippen molar-refractivity contribution in [1.29, 1.82) is 0 Å². The van der Waals surface area contributed by atoms with Gasteiger partial charge in [0.2, 0.25) is 0 Å². The lowest BCUT2D eigenvalue weighted by Crippen LogP contribution is -1.91. The van der Waals surface area contributed by atoms with Gasteiger partial charge < -0.3 is 5.73 Å². The van der Waals surface area contributed by atoms with Gasteiger partial charge in [-0.1, -0.05) is 18.2 Å². The molecule has 0 saturated carbocycles. The van der Waals surface area contributed by atoms with Crippen molar-refractivity contribution in [3.8, 4) is 0 Å². The lowest BCUT2D eigenvalue weighted by molar-refractivity contribution is 0.764. The number of nitrogens with zero attached hydrogens (tertiary/aromatic N) is 2. The SMILES string of the molecule is Cn1cc(N)c(C2=CC=CC=C=C2)n1. The number of nitrogen functional groups attached to an aromatic ring is 1. The number of hydrogen-bond donors (Lipinski definition) is 1. The van der Waals surface area contributed by atoms with Crippen LogP contribution in [-0.4, -0.2) is 9.78 Å². The van der Waals surface area contributed by atoms with E-state index >= 15 is 0 Å². The van der Waals surface area contributed by atoms with Gasteiger partial charge in [0.1, 0.15) is 5.69 Å². The first kappa shape index (κ1) is 8.60. The quantitative estimate of drug-likeness (QED) is 0.676. The van der Waals surface area contributed by atoms with Crippen molar-refractivity contribution in [2.45, 2.75) is 0 Å². The fraction of sp³-hybridized carbons (Fsp3) is 0.0909. The van der Waals surface area contributed by atoms with Gasteiger partial charge in [-0.3, -0.25) is 4.68 Å². The average molecular weight is 185 g/mol. The van der Waals surface area contributed by atoms with Crippen LogP contribution < -0.4 is 5.73 Å². The Labute approximate surface area is 82.5 Å². The first-order chi connectivity index (χ1) is 6.77. The molecule has 0 atom stereocenters. The molecule has 0 aliphatic heterocycles. The van der Waals surface area contributed by atoms with Crippen LogP contribution in [-0.2, 0) is 7.05 Å². The van der Waals surface area contributed by atoms with E-state index in [0.29, 0.717) is 5.69 Å². The lowest BCUT2D eigenvalue weighted by Gasteiger charge is -1.95. The highest BCUT2D eigenvalue weighted by Gasteiger charge is 2.07. The summed E-state index contributed by atoms with van der Waals surface area (Å²) in [4.78, 5) is 0. The second-order valence-electron chi connectivity index (χ2n) is 3.09. The van der Waals surface area contributed by atoms with E-state index in [9.17, 15) is 0 Å². The highest BCUT2D eigenvalue weighted by atomic mass is 15.3. The molecule has 1 heterocycles. The summed E-state index contributed by atoms with van der Waals surface area (Å²) in [6.07, 6.45) is 11.3. The highest BCUT2D eigenvalue weighted by molar-refractivity contribution is 5.79. The molecule has 0 saturated heterocycles. The van der Waals surface area contributed by atoms with Gasteiger partial charge in [-0.2, -0.15) is 5.10 Å². The van der Waals surface area contributed by atoms with Gasteiger partial charge in [0, 0.05) is 18.8 Å². The van der Waals surface area contributed by atoms with Gasteiger partial charge in [0.15, 0.2) is 0 Å². The van der Waals surface area contributed by atoms with E-state index in [-0.39, 0.29) is 0 Å². The highest BCUT2D eigenvalue weighted by Crippen LogP contribution is 2.20. The third-order valence-electron chi connectivity index (χ3n) is 1.95. The van der Waals surface area contributed by atoms with Crippen molar-refractivity contribution >= 4 is 11.3 Å². The lowest BCUT2D eigenvalue weighted by atomic mass is 10.1. The van der Waals surface area contributed by atoms with E-state index in [1.165, 1.54) is 0 Å². The van der Waals surface area contributed by atoms with Crippen LogP contribution in [0.5, 0.6) is 0 Å². The Morgan fingerprint density at radius 1 is 1.43 bits per heavy atom. The van der Waals surface area contributed by atoms with Crippen LogP contribution in [0.4, 0.5) is 5.69 Å². The second-order valence-corrected chi connectivity index (χ2v) is 3.09. The van der Waals surface area contributed by atoms with Crippen LogP contribution in [0.25, 0.3) is 5.57 Å². The Hall–Kier alpha value is -1.99. The molecule has 0 fully saturated rings. The minimum absolute atomic E-state index is 0.687. The van der Waals surface area contributed by atoms with E-state index < -0.39 is 0 Å². The van der Waals surface area contributed by atoms with Crippen molar-refractivity contribution in [2.24, 2.45) is 7.05 Å². The number of aromatic nitrogens is 2. The molecule has 1 aromatic rings. The minimum Gasteiger partial charge on any atom is -0.396 e. The molecule has 0 aromatic carbocycles. The topological polar surface area (TPSA) is 43.8 Å². The molecule has 2 rings (SSSR count). The molecule has 1 aliphatic carbocycles. The van der Waals surface area contributed by atoms with Gasteiger partial charge in [-0.15, -0.1) is 5.73 Å². The zero-order valence-corrected chi connectivity index (χ0v) is 7.94. The Balaban J connectivity index is 2.49. The van der Waals surface area contributed by atoms with Crippen molar-refractivity contribution in [2.75, 3.05) is 5.73 Å². The zero-order chi connectivity index (χ0) is 9.97. The van der Waals surface area contributed by atoms with Crippen molar-refractivity contribution in [3.05, 3.63) is 48.0 Å². The summed E-state index contributed by atoms with van der Waals surface area (Å²) in [5.41, 5.74) is 11.3. The van der Waals surface area contributed by atoms with Gasteiger partial charge in [-0.25, -0.2) is 0 Å². The average Bonchev–Trinajstić information content (AvgIpc) is 2.43. The Morgan fingerprint density at radius 3 is 3.00 bits per heavy atom. The predicted octanol–water partition coefficient (Wildman–Crippen LogP) is 1.67. The zero-order valence-electron chi connectivity index (χ0n) is 7.94. The minimum atomic E-state index is 0.687. The first-order valence-corrected chi connectivity index (χ1v) is 4.36. The molecule has 2 N–H and O–H groups in total. The molecule has 0 amide bonds. The molecule has 0 bridgehead atoms. The molecule has 1 aromatic heterocycles. The summed E-state index contributed by atoms with van der Waals surface area (Å²) in [6, 6.07) is 0. The molecular formula is C11H11N3. The van der Waals surface area contributed by atoms with Crippen molar-refractivity contribution in [3.63, 3.8) is 0 Å². The summed E-state index contributed by atoms with van der Waals surface area (Å²) >= 11 is 0. The molecule has 0 unspecified atom stereocenters. The molecule has 14 heavy (non-hydrogen) atoms. The van der Waals surface area contributed by atoms with E-state index in [1.807, 2.05) is 37.4 Å². The Morgan fingerprint density at radius 2 is 2.29 bits per heavy atom. The molecule has 3 heteroatoms. The number of nitrogens with two attached hydrogens (primary N) is 1. The van der Waals surface area contributed by atoms with E-state index in [2.05, 4.69) is 10.8 Å². The molecule has 0 spiro atoms. The fourth-order valence-electron chi connectivity index (χ4n) is 1.33. The molecule has 3 nitrogen and oxygen atoms in total. The van der Waals surface area contributed by atoms with Crippen LogP contribution in [0, 0.1) is 0 Å². The van der Waals surface area contributed by atoms with Gasteiger partial charge in [0.05, 0.1) is 5.69 Å². The van der Waals surface area contributed by atoms with Crippen LogP contribution >= 0.6 is 0 Å². The summed E-state index contributed by atoms with van der Waals surface area (Å²) in [5.74, 6) is 0. The Bertz CT molecular complexity index is 469. The second kappa shape index (κ2) is 3.40. The summed E-state index contributed by atoms with van der Waals surface area (Å²) in [5, 5.41) is 4.28. The van der Waals surface area contributed by atoms with Gasteiger partial charge in [0.25, 0.3) is 0 Å². The third kappa shape index (κ3) is 1.53. The first-order valence-electron chi connectivity index (χ1n) is 4.36. The summed E-state index contributed by atoms with van der Waals surface area (Å²) in [6.45, 7) is 0. The molecule has 70 valence electrons. The molecular weight excluding hydrogens is 174 g/mol. The maximum Gasteiger partial charge on any atom is 0.116 e. The number of hydrogen-bond acceptors (Lipinski definition) is 2. The molecule has 0 radical (unpaired) electrons. The van der Waals surface area contributed by atoms with Gasteiger partial charge >= 0.3 is 0 Å². The number of anilines is 1. The summed E-state index contributed by atoms with van der Waals surface area (Å²) in [7, 11) is 1.85. The normalized spacial score (nSPS) is 14.2. The fourth-order valence-corrected chi connectivity index (χ4v) is 1.33. The maximum atomic E-state index is 5.82. The molecule has 1 aliphatic rings. The number of aryl methyl sites for hydroxylation is 1. The number of allylic oxidation sites excluding steroid dienone is 5. The smallest absolute Gasteiger partial charge is 0.116 e. The van der Waals surface area contributed by atoms with Crippen molar-refractivity contribution in [1.82, 2.24) is 9.78 Å². The van der Waals surface area contributed by atoms with Crippen LogP contribution in [0.2, 0.25) is 0 Å². The van der Waals surface area contributed by atoms with Gasteiger partial charge in [-0.05, 0) is 12.2 Å².